The molecule has 18 heavy (non-hydrogen) atoms. The molecule has 0 saturated heterocycles. The number of benzene rings is 2. The number of hydrogen-bond donors (Lipinski definition) is 1. The summed E-state index contributed by atoms with van der Waals surface area (Å²) < 4.78 is 1.50. The molecule has 1 aromatic heterocycles. The van der Waals surface area contributed by atoms with Gasteiger partial charge in [0, 0.05) is 0 Å². The van der Waals surface area contributed by atoms with Crippen molar-refractivity contribution < 1.29 is 0 Å². The molecule has 0 aliphatic rings. The average Bonchev–Trinajstić information content (AvgIpc) is 2.40. The van der Waals surface area contributed by atoms with Gasteiger partial charge < -0.3 is 0 Å². The molecule has 2 aromatic carbocycles. The Balaban J connectivity index is 2.50. The summed E-state index contributed by atoms with van der Waals surface area (Å²) in [5.41, 5.74) is 0.556. The maximum atomic E-state index is 12.0. The second-order valence-corrected chi connectivity index (χ2v) is 3.95. The second kappa shape index (κ2) is 4.00. The smallest absolute Gasteiger partial charge is 0.273 e. The first-order valence-electron chi connectivity index (χ1n) is 5.57. The summed E-state index contributed by atoms with van der Waals surface area (Å²) in [6.07, 6.45) is 0. The normalized spacial score (nSPS) is 10.7. The van der Waals surface area contributed by atoms with Gasteiger partial charge >= 0.3 is 5.69 Å². The van der Waals surface area contributed by atoms with Crippen LogP contribution in [0.4, 0.5) is 0 Å². The first kappa shape index (κ1) is 10.5. The topological polar surface area (TPSA) is 54.9 Å². The maximum Gasteiger partial charge on any atom is 0.333 e. The molecule has 1 heterocycles. The van der Waals surface area contributed by atoms with Gasteiger partial charge in [0.1, 0.15) is 0 Å². The van der Waals surface area contributed by atoms with Crippen molar-refractivity contribution in [2.24, 2.45) is 0 Å². The minimum atomic E-state index is -0.426. The van der Waals surface area contributed by atoms with Crippen molar-refractivity contribution in [1.82, 2.24) is 9.55 Å². The van der Waals surface area contributed by atoms with Crippen LogP contribution in [0.3, 0.4) is 0 Å². The lowest BCUT2D eigenvalue weighted by Gasteiger charge is -2.08. The van der Waals surface area contributed by atoms with Gasteiger partial charge in [0.25, 0.3) is 5.56 Å². The van der Waals surface area contributed by atoms with Crippen molar-refractivity contribution in [3.63, 3.8) is 0 Å². The average molecular weight is 238 g/mol. The Labute approximate surface area is 102 Å². The number of nitrogens with zero attached hydrogens (tertiary/aromatic N) is 1. The van der Waals surface area contributed by atoms with Gasteiger partial charge in [-0.15, -0.1) is 0 Å². The molecule has 88 valence electrons. The van der Waals surface area contributed by atoms with E-state index < -0.39 is 5.69 Å². The Morgan fingerprint density at radius 2 is 1.50 bits per heavy atom. The number of hydrogen-bond acceptors (Lipinski definition) is 2. The fourth-order valence-corrected chi connectivity index (χ4v) is 2.02. The van der Waals surface area contributed by atoms with E-state index in [2.05, 4.69) is 4.98 Å². The first-order valence-corrected chi connectivity index (χ1v) is 5.57. The largest absolute Gasteiger partial charge is 0.333 e. The highest BCUT2D eigenvalue weighted by Crippen LogP contribution is 2.12. The van der Waals surface area contributed by atoms with Crippen LogP contribution < -0.4 is 11.2 Å². The Morgan fingerprint density at radius 3 is 2.28 bits per heavy atom. The van der Waals surface area contributed by atoms with Gasteiger partial charge in [0.2, 0.25) is 0 Å². The van der Waals surface area contributed by atoms with Gasteiger partial charge in [-0.3, -0.25) is 14.3 Å². The van der Waals surface area contributed by atoms with E-state index >= 15 is 0 Å². The maximum absolute atomic E-state index is 12.0. The summed E-state index contributed by atoms with van der Waals surface area (Å²) in [6.45, 7) is 0. The molecule has 3 rings (SSSR count). The van der Waals surface area contributed by atoms with Gasteiger partial charge in [0.15, 0.2) is 0 Å². The van der Waals surface area contributed by atoms with Crippen LogP contribution in [0.2, 0.25) is 0 Å². The van der Waals surface area contributed by atoms with Crippen LogP contribution in [-0.2, 0) is 0 Å². The van der Waals surface area contributed by atoms with Crippen molar-refractivity contribution >= 4 is 10.9 Å². The predicted molar refractivity (Wildman–Crippen MR) is 70.2 cm³/mol. The Bertz CT molecular complexity index is 816. The lowest BCUT2D eigenvalue weighted by Crippen LogP contribution is -2.29. The molecular weight excluding hydrogens is 228 g/mol. The number of nitrogens with one attached hydrogen (secondary N) is 1. The van der Waals surface area contributed by atoms with E-state index in [-0.39, 0.29) is 5.56 Å². The zero-order valence-electron chi connectivity index (χ0n) is 9.46. The summed E-state index contributed by atoms with van der Waals surface area (Å²) >= 11 is 0. The summed E-state index contributed by atoms with van der Waals surface area (Å²) in [6, 6.07) is 16.3. The molecule has 0 spiro atoms. The highest BCUT2D eigenvalue weighted by atomic mass is 16.2. The zero-order valence-corrected chi connectivity index (χ0v) is 9.46. The zero-order chi connectivity index (χ0) is 12.5. The standard InChI is InChI=1S/C14H10N2O2/c17-13-11-8-4-5-9-12(11)16(14(18)15-13)10-6-2-1-3-7-10/h1-9H,(H,15,17,18). The number of rotatable bonds is 1. The van der Waals surface area contributed by atoms with Crippen molar-refractivity contribution in [2.75, 3.05) is 0 Å². The first-order chi connectivity index (χ1) is 8.77. The minimum Gasteiger partial charge on any atom is -0.273 e. The van der Waals surface area contributed by atoms with E-state index in [1.165, 1.54) is 4.57 Å². The SMILES string of the molecule is O=c1[nH]c(=O)n(-c2ccccc2)c2ccccc12. The van der Waals surface area contributed by atoms with Crippen LogP contribution in [0.25, 0.3) is 16.6 Å². The minimum absolute atomic E-state index is 0.359. The predicted octanol–water partition coefficient (Wildman–Crippen LogP) is 1.68. The number of fused-ring (bicyclic) bond motifs is 1. The van der Waals surface area contributed by atoms with E-state index in [9.17, 15) is 9.59 Å². The summed E-state index contributed by atoms with van der Waals surface area (Å²) in [5, 5.41) is 0.501. The fraction of sp³-hybridized carbons (Fsp3) is 0. The van der Waals surface area contributed by atoms with Gasteiger partial charge in [-0.05, 0) is 24.3 Å². The Kier molecular flexibility index (Phi) is 2.34. The third-order valence-corrected chi connectivity index (χ3v) is 2.83. The van der Waals surface area contributed by atoms with Crippen LogP contribution in [0.15, 0.2) is 64.2 Å². The Morgan fingerprint density at radius 1 is 0.833 bits per heavy atom. The van der Waals surface area contributed by atoms with E-state index in [4.69, 9.17) is 0 Å². The molecule has 0 radical (unpaired) electrons. The molecule has 0 bridgehead atoms. The highest BCUT2D eigenvalue weighted by molar-refractivity contribution is 5.79. The quantitative estimate of drug-likeness (QED) is 0.701. The molecule has 3 aromatic rings. The van der Waals surface area contributed by atoms with Crippen LogP contribution in [0, 0.1) is 0 Å². The van der Waals surface area contributed by atoms with Crippen LogP contribution in [0.5, 0.6) is 0 Å². The third kappa shape index (κ3) is 1.55. The molecule has 1 N–H and O–H groups in total. The van der Waals surface area contributed by atoms with E-state index in [0.29, 0.717) is 10.9 Å². The van der Waals surface area contributed by atoms with E-state index in [1.807, 2.05) is 30.3 Å². The molecule has 0 saturated carbocycles. The van der Waals surface area contributed by atoms with Gasteiger partial charge in [-0.1, -0.05) is 30.3 Å². The van der Waals surface area contributed by atoms with Gasteiger partial charge in [-0.25, -0.2) is 4.79 Å². The fourth-order valence-electron chi connectivity index (χ4n) is 2.02. The molecule has 0 aliphatic heterocycles. The molecule has 4 heteroatoms. The third-order valence-electron chi connectivity index (χ3n) is 2.83. The second-order valence-electron chi connectivity index (χ2n) is 3.95. The number of aromatic nitrogens is 2. The van der Waals surface area contributed by atoms with Crippen LogP contribution in [-0.4, -0.2) is 9.55 Å². The summed E-state index contributed by atoms with van der Waals surface area (Å²) in [4.78, 5) is 26.0. The monoisotopic (exact) mass is 238 g/mol. The molecule has 0 atom stereocenters. The van der Waals surface area contributed by atoms with Crippen molar-refractivity contribution in [3.05, 3.63) is 75.4 Å². The summed E-state index contributed by atoms with van der Waals surface area (Å²) in [5.74, 6) is 0. The lowest BCUT2D eigenvalue weighted by molar-refractivity contribution is 0.943. The van der Waals surface area contributed by atoms with Crippen molar-refractivity contribution in [2.45, 2.75) is 0 Å². The van der Waals surface area contributed by atoms with E-state index in [0.717, 1.165) is 5.69 Å². The number of H-pyrrole nitrogens is 1. The Hall–Kier alpha value is -2.62. The summed E-state index contributed by atoms with van der Waals surface area (Å²) in [7, 11) is 0. The molecule has 0 unspecified atom stereocenters. The van der Waals surface area contributed by atoms with Gasteiger partial charge in [0.05, 0.1) is 16.6 Å². The molecular formula is C14H10N2O2. The van der Waals surface area contributed by atoms with Crippen LogP contribution >= 0.6 is 0 Å². The lowest BCUT2D eigenvalue weighted by atomic mass is 10.2. The van der Waals surface area contributed by atoms with Crippen molar-refractivity contribution in [1.29, 1.82) is 0 Å². The number of aromatic amines is 1. The van der Waals surface area contributed by atoms with E-state index in [1.54, 1.807) is 24.3 Å². The van der Waals surface area contributed by atoms with Crippen molar-refractivity contribution in [3.8, 4) is 5.69 Å². The molecule has 0 fully saturated rings. The molecule has 0 amide bonds. The molecule has 0 aliphatic carbocycles. The highest BCUT2D eigenvalue weighted by Gasteiger charge is 2.07. The number of para-hydroxylation sites is 2. The van der Waals surface area contributed by atoms with Crippen LogP contribution in [0.1, 0.15) is 0 Å². The van der Waals surface area contributed by atoms with Gasteiger partial charge in [-0.2, -0.15) is 0 Å². The molecule has 4 nitrogen and oxygen atoms in total.